The highest BCUT2D eigenvalue weighted by Gasteiger charge is 2.61. The molecule has 2 aliphatic heterocycles. The van der Waals surface area contributed by atoms with Gasteiger partial charge in [-0.15, -0.1) is 0 Å². The van der Waals surface area contributed by atoms with Crippen LogP contribution in [0.5, 0.6) is 0 Å². The average Bonchev–Trinajstić information content (AvgIpc) is 2.66. The number of benzene rings is 1. The van der Waals surface area contributed by atoms with Crippen LogP contribution in [-0.2, 0) is 25.7 Å². The molecule has 0 aromatic heterocycles. The first-order valence-electron chi connectivity index (χ1n) is 9.66. The molecular formula is C21H25NO4. The maximum Gasteiger partial charge on any atom is 0.319 e. The van der Waals surface area contributed by atoms with Gasteiger partial charge < -0.3 is 9.64 Å². The molecule has 1 aromatic rings. The van der Waals surface area contributed by atoms with E-state index in [1.54, 1.807) is 0 Å². The third-order valence-electron chi connectivity index (χ3n) is 6.46. The van der Waals surface area contributed by atoms with Crippen molar-refractivity contribution >= 4 is 17.7 Å². The van der Waals surface area contributed by atoms with Gasteiger partial charge in [0.05, 0.1) is 5.54 Å². The summed E-state index contributed by atoms with van der Waals surface area (Å²) in [4.78, 5) is 40.3. The summed E-state index contributed by atoms with van der Waals surface area (Å²) in [6, 6.07) is 9.49. The molecule has 4 rings (SSSR count). The van der Waals surface area contributed by atoms with E-state index in [2.05, 4.69) is 0 Å². The van der Waals surface area contributed by atoms with Crippen molar-refractivity contribution in [3.63, 3.8) is 0 Å². The molecule has 0 radical (unpaired) electrons. The Balaban J connectivity index is 1.62. The highest BCUT2D eigenvalue weighted by atomic mass is 16.5. The van der Waals surface area contributed by atoms with E-state index in [0.717, 1.165) is 37.7 Å². The van der Waals surface area contributed by atoms with Crippen LogP contribution in [0.4, 0.5) is 0 Å². The number of carbonyl (C=O) groups is 3. The molecule has 26 heavy (non-hydrogen) atoms. The molecule has 3 atom stereocenters. The topological polar surface area (TPSA) is 63.7 Å². The van der Waals surface area contributed by atoms with Crippen molar-refractivity contribution in [1.82, 2.24) is 4.90 Å². The molecule has 3 unspecified atom stereocenters. The van der Waals surface area contributed by atoms with E-state index in [0.29, 0.717) is 13.0 Å². The Morgan fingerprint density at radius 1 is 1.12 bits per heavy atom. The zero-order valence-electron chi connectivity index (χ0n) is 15.0. The summed E-state index contributed by atoms with van der Waals surface area (Å²) in [5.74, 6) is -1.01. The smallest absolute Gasteiger partial charge is 0.319 e. The van der Waals surface area contributed by atoms with Gasteiger partial charge in [-0.05, 0) is 30.7 Å². The molecule has 0 bridgehead atoms. The zero-order chi connectivity index (χ0) is 18.1. The lowest BCUT2D eigenvalue weighted by Gasteiger charge is -2.58. The van der Waals surface area contributed by atoms with E-state index in [9.17, 15) is 14.4 Å². The Hall–Kier alpha value is -2.17. The minimum atomic E-state index is -0.825. The number of hydrogen-bond donors (Lipinski definition) is 0. The minimum Gasteiger partial charge on any atom is -0.460 e. The molecule has 1 aliphatic carbocycles. The van der Waals surface area contributed by atoms with Crippen LogP contribution < -0.4 is 0 Å². The molecule has 5 heteroatoms. The SMILES string of the molecule is O=C1CCN2C(=O)CCC3CCCCC32C1C(=O)OCc1ccccc1. The van der Waals surface area contributed by atoms with Gasteiger partial charge in [0.2, 0.25) is 5.91 Å². The van der Waals surface area contributed by atoms with Crippen LogP contribution in [0.1, 0.15) is 50.5 Å². The number of piperidine rings is 2. The van der Waals surface area contributed by atoms with Gasteiger partial charge >= 0.3 is 5.97 Å². The lowest BCUT2D eigenvalue weighted by Crippen LogP contribution is -2.70. The second kappa shape index (κ2) is 6.86. The van der Waals surface area contributed by atoms with Gasteiger partial charge in [0, 0.05) is 19.4 Å². The second-order valence-corrected chi connectivity index (χ2v) is 7.76. The Morgan fingerprint density at radius 2 is 1.92 bits per heavy atom. The summed E-state index contributed by atoms with van der Waals surface area (Å²) in [5.41, 5.74) is 0.259. The monoisotopic (exact) mass is 355 g/mol. The number of esters is 1. The molecular weight excluding hydrogens is 330 g/mol. The van der Waals surface area contributed by atoms with Crippen LogP contribution in [0.15, 0.2) is 30.3 Å². The Labute approximate surface area is 153 Å². The first-order chi connectivity index (χ1) is 12.6. The first kappa shape index (κ1) is 17.3. The van der Waals surface area contributed by atoms with Crippen molar-refractivity contribution in [2.45, 2.75) is 57.1 Å². The number of rotatable bonds is 3. The molecule has 1 amide bonds. The van der Waals surface area contributed by atoms with Gasteiger partial charge in [0.25, 0.3) is 0 Å². The fourth-order valence-corrected chi connectivity index (χ4v) is 5.33. The number of carbonyl (C=O) groups excluding carboxylic acids is 3. The maximum atomic E-state index is 13.0. The van der Waals surface area contributed by atoms with Crippen molar-refractivity contribution in [2.24, 2.45) is 11.8 Å². The van der Waals surface area contributed by atoms with E-state index in [-0.39, 0.29) is 30.6 Å². The van der Waals surface area contributed by atoms with Gasteiger partial charge in [-0.25, -0.2) is 0 Å². The average molecular weight is 355 g/mol. The molecule has 1 saturated carbocycles. The number of nitrogens with zero attached hydrogens (tertiary/aromatic N) is 1. The fraction of sp³-hybridized carbons (Fsp3) is 0.571. The molecule has 2 saturated heterocycles. The summed E-state index contributed by atoms with van der Waals surface area (Å²) in [5, 5.41) is 0. The van der Waals surface area contributed by atoms with Crippen LogP contribution in [0, 0.1) is 11.8 Å². The van der Waals surface area contributed by atoms with Crippen molar-refractivity contribution in [2.75, 3.05) is 6.54 Å². The fourth-order valence-electron chi connectivity index (χ4n) is 5.33. The standard InChI is InChI=1S/C21H25NO4/c23-17-11-13-22-18(24)10-9-16-8-4-5-12-21(16,22)19(17)20(25)26-14-15-6-2-1-3-7-15/h1-3,6-7,16,19H,4-5,8-14H2. The summed E-state index contributed by atoms with van der Waals surface area (Å²) in [6.45, 7) is 0.620. The summed E-state index contributed by atoms with van der Waals surface area (Å²) in [7, 11) is 0. The normalized spacial score (nSPS) is 31.2. The first-order valence-corrected chi connectivity index (χ1v) is 9.66. The largest absolute Gasteiger partial charge is 0.460 e. The van der Waals surface area contributed by atoms with E-state index in [1.165, 1.54) is 0 Å². The summed E-state index contributed by atoms with van der Waals surface area (Å²) in [6.07, 6.45) is 5.35. The van der Waals surface area contributed by atoms with Gasteiger partial charge in [-0.3, -0.25) is 14.4 Å². The highest BCUT2D eigenvalue weighted by molar-refractivity contribution is 6.02. The molecule has 2 heterocycles. The number of ether oxygens (including phenoxy) is 1. The van der Waals surface area contributed by atoms with Crippen molar-refractivity contribution in [3.05, 3.63) is 35.9 Å². The molecule has 0 N–H and O–H groups in total. The molecule has 3 fully saturated rings. The summed E-state index contributed by atoms with van der Waals surface area (Å²) < 4.78 is 5.57. The van der Waals surface area contributed by atoms with Gasteiger partial charge in [-0.1, -0.05) is 43.2 Å². The van der Waals surface area contributed by atoms with Crippen molar-refractivity contribution in [3.8, 4) is 0 Å². The van der Waals surface area contributed by atoms with Crippen molar-refractivity contribution < 1.29 is 19.1 Å². The van der Waals surface area contributed by atoms with E-state index >= 15 is 0 Å². The quantitative estimate of drug-likeness (QED) is 0.618. The molecule has 1 spiro atoms. The third-order valence-corrected chi connectivity index (χ3v) is 6.46. The lowest BCUT2D eigenvalue weighted by atomic mass is 9.58. The van der Waals surface area contributed by atoms with Crippen LogP contribution >= 0.6 is 0 Å². The summed E-state index contributed by atoms with van der Waals surface area (Å²) >= 11 is 0. The molecule has 1 aromatic carbocycles. The number of hydrogen-bond acceptors (Lipinski definition) is 4. The molecule has 3 aliphatic rings. The van der Waals surface area contributed by atoms with Gasteiger partial charge in [0.1, 0.15) is 12.5 Å². The highest BCUT2D eigenvalue weighted by Crippen LogP contribution is 2.51. The van der Waals surface area contributed by atoms with Crippen LogP contribution in [-0.4, -0.2) is 34.6 Å². The van der Waals surface area contributed by atoms with E-state index in [1.807, 2.05) is 35.2 Å². The van der Waals surface area contributed by atoms with Crippen LogP contribution in [0.25, 0.3) is 0 Å². The lowest BCUT2D eigenvalue weighted by molar-refractivity contribution is -0.180. The number of amides is 1. The molecule has 138 valence electrons. The Bertz CT molecular complexity index is 716. The number of ketones is 1. The number of Topliss-reactive ketones (excluding diaryl/α,β-unsaturated/α-hetero) is 1. The minimum absolute atomic E-state index is 0.0547. The third kappa shape index (κ3) is 2.74. The van der Waals surface area contributed by atoms with Crippen LogP contribution in [0.2, 0.25) is 0 Å². The predicted molar refractivity (Wildman–Crippen MR) is 95.0 cm³/mol. The van der Waals surface area contributed by atoms with Gasteiger partial charge in [0.15, 0.2) is 5.78 Å². The van der Waals surface area contributed by atoms with E-state index < -0.39 is 17.4 Å². The Kier molecular flexibility index (Phi) is 4.55. The maximum absolute atomic E-state index is 13.0. The zero-order valence-corrected chi connectivity index (χ0v) is 15.0. The Morgan fingerprint density at radius 3 is 2.73 bits per heavy atom. The van der Waals surface area contributed by atoms with Gasteiger partial charge in [-0.2, -0.15) is 0 Å². The molecule has 5 nitrogen and oxygen atoms in total. The van der Waals surface area contributed by atoms with E-state index in [4.69, 9.17) is 4.74 Å². The second-order valence-electron chi connectivity index (χ2n) is 7.76. The predicted octanol–water partition coefficient (Wildman–Crippen LogP) is 2.87. The van der Waals surface area contributed by atoms with Crippen LogP contribution in [0.3, 0.4) is 0 Å². The van der Waals surface area contributed by atoms with Crippen molar-refractivity contribution in [1.29, 1.82) is 0 Å².